The maximum atomic E-state index is 14.8. The maximum Gasteiger partial charge on any atom is 0.256 e. The molecule has 2 aliphatic rings. The molecule has 10 rings (SSSR count). The maximum absolute atomic E-state index is 14.8. The second-order valence-electron chi connectivity index (χ2n) is 22.0. The third kappa shape index (κ3) is 9.91. The summed E-state index contributed by atoms with van der Waals surface area (Å²) in [7, 11) is 0. The minimum atomic E-state index is -0.238. The monoisotopic (exact) mass is 981 g/mol. The fraction of sp³-hybridized carbons (Fsp3) is 0.333. The van der Waals surface area contributed by atoms with Gasteiger partial charge in [0, 0.05) is 45.4 Å². The van der Waals surface area contributed by atoms with E-state index in [4.69, 9.17) is 21.4 Å². The van der Waals surface area contributed by atoms with Crippen LogP contribution in [0.5, 0.6) is 0 Å². The van der Waals surface area contributed by atoms with Crippen LogP contribution in [0.3, 0.4) is 0 Å². The molecule has 0 aliphatic heterocycles. The average Bonchev–Trinajstić information content (AvgIpc) is 3.39. The number of hydrogen-bond acceptors (Lipinski definition) is 6. The largest absolute Gasteiger partial charge is 0.398 e. The van der Waals surface area contributed by atoms with Gasteiger partial charge in [-0.25, -0.2) is 9.97 Å². The van der Waals surface area contributed by atoms with Gasteiger partial charge in [0.05, 0.1) is 33.5 Å². The van der Waals surface area contributed by atoms with Gasteiger partial charge in [-0.05, 0) is 184 Å². The summed E-state index contributed by atoms with van der Waals surface area (Å²) in [5.41, 5.74) is 33.2. The van der Waals surface area contributed by atoms with E-state index in [1.165, 1.54) is 86.5 Å². The minimum Gasteiger partial charge on any atom is -0.398 e. The summed E-state index contributed by atoms with van der Waals surface area (Å²) >= 11 is 0. The first-order chi connectivity index (χ1) is 35.6. The van der Waals surface area contributed by atoms with Crippen molar-refractivity contribution in [1.82, 2.24) is 9.97 Å². The molecule has 0 bridgehead atoms. The van der Waals surface area contributed by atoms with Crippen molar-refractivity contribution in [2.75, 3.05) is 22.1 Å². The third-order valence-corrected chi connectivity index (χ3v) is 16.7. The fourth-order valence-corrected chi connectivity index (χ4v) is 12.9. The van der Waals surface area contributed by atoms with Crippen LogP contribution in [0.25, 0.3) is 33.2 Å². The number of amides is 2. The molecule has 2 aromatic heterocycles. The van der Waals surface area contributed by atoms with Crippen LogP contribution >= 0.6 is 0 Å². The number of aromatic nitrogens is 2. The number of carbonyl (C=O) groups is 2. The number of nitrogens with zero attached hydrogens (tertiary/aromatic N) is 2. The summed E-state index contributed by atoms with van der Waals surface area (Å²) in [5, 5.41) is 8.15. The van der Waals surface area contributed by atoms with Gasteiger partial charge in [-0.1, -0.05) is 123 Å². The van der Waals surface area contributed by atoms with Gasteiger partial charge < -0.3 is 22.1 Å². The standard InChI is InChI=1S/C66H72N6O2/c1-37-27-47(28-38(2)61(37)67)59(45-19-11-9-12-20-45)49-31-41(5)63(42(6)32-49)71-65(73)53-35-57(69-55-25-17-15-23-51(53)55)58-36-54(52-24-16-18-26-56(52)70-58)66(74)72-64-43(7)33-50(34-44(64)8)60(46-21-13-10-14-22-46)48-29-39(3)62(68)40(4)30-48/h15-18,23-36,45-46,59-60H,9-14,19-22,67-68H2,1-8H3,(H,71,73)(H,72,74). The molecule has 6 aromatic carbocycles. The Morgan fingerprint density at radius 3 is 1.05 bits per heavy atom. The van der Waals surface area contributed by atoms with Crippen molar-refractivity contribution in [3.8, 4) is 11.4 Å². The number of fused-ring (bicyclic) bond motifs is 2. The van der Waals surface area contributed by atoms with Crippen molar-refractivity contribution in [3.05, 3.63) is 187 Å². The van der Waals surface area contributed by atoms with Crippen LogP contribution in [0.2, 0.25) is 0 Å². The molecule has 2 heterocycles. The first-order valence-corrected chi connectivity index (χ1v) is 27.0. The smallest absolute Gasteiger partial charge is 0.256 e. The zero-order valence-electron chi connectivity index (χ0n) is 44.6. The zero-order valence-corrected chi connectivity index (χ0v) is 44.6. The number of carbonyl (C=O) groups excluding carboxylic acids is 2. The lowest BCUT2D eigenvalue weighted by atomic mass is 9.72. The molecule has 2 amide bonds. The number of anilines is 4. The summed E-state index contributed by atoms with van der Waals surface area (Å²) < 4.78 is 0. The Morgan fingerprint density at radius 1 is 0.432 bits per heavy atom. The summed E-state index contributed by atoms with van der Waals surface area (Å²) in [4.78, 5) is 39.8. The number of pyridine rings is 2. The number of aryl methyl sites for hydroxylation is 8. The van der Waals surface area contributed by atoms with Crippen LogP contribution < -0.4 is 22.1 Å². The van der Waals surface area contributed by atoms with E-state index in [9.17, 15) is 9.59 Å². The van der Waals surface area contributed by atoms with Crippen molar-refractivity contribution in [1.29, 1.82) is 0 Å². The first kappa shape index (κ1) is 50.2. The van der Waals surface area contributed by atoms with Crippen LogP contribution in [0.1, 0.15) is 164 Å². The minimum absolute atomic E-state index is 0.232. The molecule has 2 unspecified atom stereocenters. The third-order valence-electron chi connectivity index (χ3n) is 16.7. The molecule has 6 N–H and O–H groups in total. The normalized spacial score (nSPS) is 15.3. The van der Waals surface area contributed by atoms with E-state index in [-0.39, 0.29) is 23.7 Å². The lowest BCUT2D eigenvalue weighted by molar-refractivity contribution is 0.102. The molecule has 8 heteroatoms. The molecule has 0 spiro atoms. The Labute approximate surface area is 437 Å². The highest BCUT2D eigenvalue weighted by Gasteiger charge is 2.31. The number of nitrogens with two attached hydrogens (primary N) is 2. The van der Waals surface area contributed by atoms with Crippen molar-refractivity contribution in [2.24, 2.45) is 11.8 Å². The van der Waals surface area contributed by atoms with Crippen LogP contribution in [0, 0.1) is 67.2 Å². The van der Waals surface area contributed by atoms with E-state index in [1.54, 1.807) is 0 Å². The molecule has 2 aliphatic carbocycles. The van der Waals surface area contributed by atoms with Gasteiger partial charge in [0.25, 0.3) is 11.8 Å². The number of nitrogens with one attached hydrogen (secondary N) is 2. The van der Waals surface area contributed by atoms with E-state index in [0.717, 1.165) is 78.0 Å². The number of nitrogen functional groups attached to an aromatic ring is 2. The molecule has 0 saturated heterocycles. The summed E-state index contributed by atoms with van der Waals surface area (Å²) in [6, 6.07) is 37.3. The van der Waals surface area contributed by atoms with Gasteiger partial charge in [-0.3, -0.25) is 9.59 Å². The van der Waals surface area contributed by atoms with Gasteiger partial charge in [0.15, 0.2) is 0 Å². The van der Waals surface area contributed by atoms with Gasteiger partial charge in [0.1, 0.15) is 0 Å². The highest BCUT2D eigenvalue weighted by atomic mass is 16.2. The zero-order chi connectivity index (χ0) is 51.9. The van der Waals surface area contributed by atoms with E-state index in [0.29, 0.717) is 45.4 Å². The predicted octanol–water partition coefficient (Wildman–Crippen LogP) is 16.0. The Hall–Kier alpha value is -7.32. The Morgan fingerprint density at radius 2 is 0.730 bits per heavy atom. The highest BCUT2D eigenvalue weighted by Crippen LogP contribution is 2.45. The van der Waals surface area contributed by atoms with Crippen LogP contribution in [0.4, 0.5) is 22.7 Å². The van der Waals surface area contributed by atoms with Gasteiger partial charge in [-0.2, -0.15) is 0 Å². The molecule has 74 heavy (non-hydrogen) atoms. The number of para-hydroxylation sites is 2. The number of rotatable bonds is 11. The molecule has 8 nitrogen and oxygen atoms in total. The van der Waals surface area contributed by atoms with E-state index in [1.807, 2.05) is 60.7 Å². The number of benzene rings is 6. The summed E-state index contributed by atoms with van der Waals surface area (Å²) in [5.74, 6) is 1.05. The topological polar surface area (TPSA) is 136 Å². The van der Waals surface area contributed by atoms with Gasteiger partial charge >= 0.3 is 0 Å². The Balaban J connectivity index is 0.975. The molecular formula is C66H72N6O2. The molecule has 2 saturated carbocycles. The van der Waals surface area contributed by atoms with Gasteiger partial charge in [-0.15, -0.1) is 0 Å². The highest BCUT2D eigenvalue weighted by molar-refractivity contribution is 6.15. The van der Waals surface area contributed by atoms with Crippen LogP contribution in [0.15, 0.2) is 109 Å². The second kappa shape index (κ2) is 20.9. The van der Waals surface area contributed by atoms with Crippen LogP contribution in [-0.4, -0.2) is 21.8 Å². The van der Waals surface area contributed by atoms with Gasteiger partial charge in [0.2, 0.25) is 0 Å². The fourth-order valence-electron chi connectivity index (χ4n) is 12.9. The van der Waals surface area contributed by atoms with Crippen LogP contribution in [-0.2, 0) is 0 Å². The molecule has 0 radical (unpaired) electrons. The number of hydrogen-bond donors (Lipinski definition) is 4. The van der Waals surface area contributed by atoms with Crippen molar-refractivity contribution in [3.63, 3.8) is 0 Å². The molecule has 2 fully saturated rings. The SMILES string of the molecule is Cc1cc(C(c2cc(C)c(NC(=O)c3cc(-c4cc(C(=O)Nc5c(C)cc(C(c6cc(C)c(N)c(C)c6)C6CCCCC6)cc5C)c5ccccc5n4)nc4ccccc34)c(C)c2)C2CCCCC2)cc(C)c1N. The first-order valence-electron chi connectivity index (χ1n) is 27.0. The lowest BCUT2D eigenvalue weighted by Crippen LogP contribution is -2.19. The van der Waals surface area contributed by atoms with Crippen molar-refractivity contribution >= 4 is 56.4 Å². The molecule has 378 valence electrons. The molecule has 2 atom stereocenters. The van der Waals surface area contributed by atoms with Crippen molar-refractivity contribution < 1.29 is 9.59 Å². The Kier molecular flexibility index (Phi) is 14.2. The van der Waals surface area contributed by atoms with E-state index in [2.05, 4.69) is 115 Å². The van der Waals surface area contributed by atoms with Crippen molar-refractivity contribution in [2.45, 2.75) is 131 Å². The second-order valence-corrected chi connectivity index (χ2v) is 22.0. The Bertz CT molecular complexity index is 3170. The predicted molar refractivity (Wildman–Crippen MR) is 308 cm³/mol. The summed E-state index contributed by atoms with van der Waals surface area (Å²) in [6.07, 6.45) is 12.3. The summed E-state index contributed by atoms with van der Waals surface area (Å²) in [6.45, 7) is 16.8. The lowest BCUT2D eigenvalue weighted by Gasteiger charge is -2.32. The van der Waals surface area contributed by atoms with E-state index < -0.39 is 0 Å². The molecule has 8 aromatic rings. The quantitative estimate of drug-likeness (QED) is 0.0953. The molecular weight excluding hydrogens is 909 g/mol. The van der Waals surface area contributed by atoms with E-state index >= 15 is 0 Å². The average molecular weight is 981 g/mol.